The highest BCUT2D eigenvalue weighted by Crippen LogP contribution is 2.50. The fourth-order valence-corrected chi connectivity index (χ4v) is 7.42. The fraction of sp³-hybridized carbons (Fsp3) is 0.395. The summed E-state index contributed by atoms with van der Waals surface area (Å²) >= 11 is 0. The first-order valence-corrected chi connectivity index (χ1v) is 20.2. The second kappa shape index (κ2) is 19.5. The Hall–Kier alpha value is -6.46. The zero-order valence-corrected chi connectivity index (χ0v) is 33.7. The molecule has 1 aromatic heterocycles. The largest absolute Gasteiger partial charge is 0.395 e. The molecule has 9 N–H and O–H groups in total. The third-order valence-electron chi connectivity index (χ3n) is 10.8. The van der Waals surface area contributed by atoms with Crippen LogP contribution in [0.15, 0.2) is 71.4 Å². The van der Waals surface area contributed by atoms with E-state index in [2.05, 4.69) is 31.2 Å². The number of aliphatic hydroxyl groups excluding tert-OH is 1. The number of amidine groups is 1. The first-order valence-electron chi connectivity index (χ1n) is 20.2. The maximum absolute atomic E-state index is 13.9. The Morgan fingerprint density at radius 3 is 2.48 bits per heavy atom. The number of aromatic nitrogens is 1. The summed E-state index contributed by atoms with van der Waals surface area (Å²) in [6, 6.07) is 15.5. The van der Waals surface area contributed by atoms with Crippen molar-refractivity contribution in [3.8, 4) is 0 Å². The van der Waals surface area contributed by atoms with E-state index in [1.54, 1.807) is 22.1 Å². The standard InChI is InChI=1S/C43H52N10O7/c1-2-13-52(15-16-54)41(59)29-18-28-8-9-31(21-34(28)50-36(45)20-29)43(11-12-43)42(60)49-32-19-30-26-53(14-10-33(30)46-23-32)39(57)25-48-40(58)35(17-27-6-4-3-5-7-27)51-38(56)24-47-37(55)22-44/h3-9,18-19,21,23,35,54H,2,10-17,20,22,24-26,44H2,1H3,(H2,45,50)(H,47,55)(H,48,58)(H,49,60)(H,51,56). The molecule has 316 valence electrons. The van der Waals surface area contributed by atoms with E-state index in [0.717, 1.165) is 28.8 Å². The van der Waals surface area contributed by atoms with Crippen LogP contribution in [0.3, 0.4) is 0 Å². The molecule has 1 saturated carbocycles. The third-order valence-corrected chi connectivity index (χ3v) is 10.8. The minimum absolute atomic E-state index is 0.142. The molecule has 0 bridgehead atoms. The summed E-state index contributed by atoms with van der Waals surface area (Å²) in [5.41, 5.74) is 16.2. The molecule has 17 heteroatoms. The van der Waals surface area contributed by atoms with Gasteiger partial charge in [-0.25, -0.2) is 4.99 Å². The lowest BCUT2D eigenvalue weighted by molar-refractivity contribution is -0.134. The number of rotatable bonds is 17. The Bertz CT molecular complexity index is 2180. The molecular weight excluding hydrogens is 769 g/mol. The first kappa shape index (κ1) is 43.1. The molecule has 2 aromatic carbocycles. The monoisotopic (exact) mass is 820 g/mol. The quantitative estimate of drug-likeness (QED) is 0.0997. The molecule has 6 amide bonds. The molecule has 0 radical (unpaired) electrons. The van der Waals surface area contributed by atoms with Gasteiger partial charge >= 0.3 is 0 Å². The van der Waals surface area contributed by atoms with Crippen LogP contribution < -0.4 is 32.7 Å². The average Bonchev–Trinajstić information content (AvgIpc) is 4.08. The Balaban J connectivity index is 1.08. The molecule has 3 aliphatic rings. The zero-order valence-electron chi connectivity index (χ0n) is 33.7. The minimum Gasteiger partial charge on any atom is -0.395 e. The molecule has 17 nitrogen and oxygen atoms in total. The molecule has 3 heterocycles. The number of anilines is 1. The average molecular weight is 821 g/mol. The maximum Gasteiger partial charge on any atom is 0.250 e. The molecule has 1 atom stereocenters. The van der Waals surface area contributed by atoms with Crippen LogP contribution in [-0.4, -0.2) is 113 Å². The van der Waals surface area contributed by atoms with E-state index in [1.807, 2.05) is 61.5 Å². The van der Waals surface area contributed by atoms with E-state index in [4.69, 9.17) is 11.5 Å². The normalized spacial score (nSPS) is 15.4. The van der Waals surface area contributed by atoms with Crippen LogP contribution in [0.5, 0.6) is 0 Å². The van der Waals surface area contributed by atoms with E-state index < -0.39 is 29.2 Å². The van der Waals surface area contributed by atoms with Crippen LogP contribution in [0.1, 0.15) is 60.6 Å². The molecule has 6 rings (SSSR count). The molecule has 2 aliphatic heterocycles. The van der Waals surface area contributed by atoms with Gasteiger partial charge in [0, 0.05) is 62.3 Å². The van der Waals surface area contributed by atoms with Gasteiger partial charge in [-0.15, -0.1) is 0 Å². The van der Waals surface area contributed by atoms with Crippen LogP contribution in [0.25, 0.3) is 6.08 Å². The summed E-state index contributed by atoms with van der Waals surface area (Å²) in [5.74, 6) is -2.11. The van der Waals surface area contributed by atoms with E-state index in [1.165, 1.54) is 0 Å². The highest BCUT2D eigenvalue weighted by molar-refractivity contribution is 6.06. The lowest BCUT2D eigenvalue weighted by Gasteiger charge is -2.29. The van der Waals surface area contributed by atoms with Crippen molar-refractivity contribution in [1.82, 2.24) is 30.7 Å². The Labute approximate surface area is 348 Å². The molecule has 0 saturated heterocycles. The summed E-state index contributed by atoms with van der Waals surface area (Å²) in [6.45, 7) is 2.21. The number of nitrogens with one attached hydrogen (secondary N) is 4. The van der Waals surface area contributed by atoms with Crippen molar-refractivity contribution in [2.24, 2.45) is 16.5 Å². The number of hydrogen-bond acceptors (Lipinski definition) is 11. The summed E-state index contributed by atoms with van der Waals surface area (Å²) in [7, 11) is 0. The van der Waals surface area contributed by atoms with Crippen molar-refractivity contribution >= 4 is 58.7 Å². The van der Waals surface area contributed by atoms with E-state index in [9.17, 15) is 33.9 Å². The van der Waals surface area contributed by atoms with Gasteiger partial charge in [0.15, 0.2) is 0 Å². The molecule has 60 heavy (non-hydrogen) atoms. The minimum atomic E-state index is -1.01. The topological polar surface area (TPSA) is 255 Å². The molecule has 1 fully saturated rings. The van der Waals surface area contributed by atoms with Crippen LogP contribution in [-0.2, 0) is 53.6 Å². The number of nitrogens with two attached hydrogens (primary N) is 2. The lowest BCUT2D eigenvalue weighted by atomic mass is 9.92. The fourth-order valence-electron chi connectivity index (χ4n) is 7.42. The van der Waals surface area contributed by atoms with Gasteiger partial charge in [0.05, 0.1) is 49.2 Å². The van der Waals surface area contributed by atoms with Gasteiger partial charge in [0.25, 0.3) is 0 Å². The number of aliphatic hydroxyl groups is 1. The van der Waals surface area contributed by atoms with Crippen LogP contribution in [0.2, 0.25) is 0 Å². The van der Waals surface area contributed by atoms with Gasteiger partial charge in [0.1, 0.15) is 11.9 Å². The first-order chi connectivity index (χ1) is 28.9. The third kappa shape index (κ3) is 10.6. The van der Waals surface area contributed by atoms with Crippen molar-refractivity contribution in [1.29, 1.82) is 0 Å². The van der Waals surface area contributed by atoms with Crippen molar-refractivity contribution < 1.29 is 33.9 Å². The predicted molar refractivity (Wildman–Crippen MR) is 224 cm³/mol. The number of carbonyl (C=O) groups is 6. The number of nitrogens with zero attached hydrogens (tertiary/aromatic N) is 4. The smallest absolute Gasteiger partial charge is 0.250 e. The second-order valence-electron chi connectivity index (χ2n) is 15.2. The van der Waals surface area contributed by atoms with Gasteiger partial charge < -0.3 is 47.6 Å². The zero-order chi connectivity index (χ0) is 42.8. The van der Waals surface area contributed by atoms with Gasteiger partial charge in [-0.3, -0.25) is 33.8 Å². The van der Waals surface area contributed by atoms with Crippen LogP contribution in [0, 0.1) is 0 Å². The molecule has 3 aromatic rings. The van der Waals surface area contributed by atoms with Crippen LogP contribution in [0.4, 0.5) is 11.4 Å². The number of hydrogen-bond donors (Lipinski definition) is 7. The molecule has 1 aliphatic carbocycles. The number of amides is 6. The number of pyridine rings is 1. The van der Waals surface area contributed by atoms with Crippen molar-refractivity contribution in [3.63, 3.8) is 0 Å². The molecule has 0 spiro atoms. The van der Waals surface area contributed by atoms with Crippen molar-refractivity contribution in [3.05, 3.63) is 94.3 Å². The second-order valence-corrected chi connectivity index (χ2v) is 15.2. The lowest BCUT2D eigenvalue weighted by Crippen LogP contribution is -2.52. The Morgan fingerprint density at radius 1 is 0.983 bits per heavy atom. The summed E-state index contributed by atoms with van der Waals surface area (Å²) in [6.07, 6.45) is 6.19. The summed E-state index contributed by atoms with van der Waals surface area (Å²) in [4.78, 5) is 90.5. The molecule has 1 unspecified atom stereocenters. The molecular formula is C43H52N10O7. The summed E-state index contributed by atoms with van der Waals surface area (Å²) in [5, 5.41) is 20.2. The van der Waals surface area contributed by atoms with Gasteiger partial charge in [-0.2, -0.15) is 0 Å². The number of fused-ring (bicyclic) bond motifs is 2. The van der Waals surface area contributed by atoms with Crippen LogP contribution >= 0.6 is 0 Å². The van der Waals surface area contributed by atoms with Crippen molar-refractivity contribution in [2.45, 2.75) is 63.5 Å². The maximum atomic E-state index is 13.9. The van der Waals surface area contributed by atoms with E-state index in [-0.39, 0.29) is 75.7 Å². The number of aliphatic imine (C=N–C) groups is 1. The highest BCUT2D eigenvalue weighted by Gasteiger charge is 2.51. The Morgan fingerprint density at radius 2 is 1.77 bits per heavy atom. The van der Waals surface area contributed by atoms with Crippen molar-refractivity contribution in [2.75, 3.05) is 51.2 Å². The van der Waals surface area contributed by atoms with Gasteiger partial charge in [-0.1, -0.05) is 49.4 Å². The highest BCUT2D eigenvalue weighted by atomic mass is 16.3. The summed E-state index contributed by atoms with van der Waals surface area (Å²) < 4.78 is 0. The van der Waals surface area contributed by atoms with E-state index in [0.29, 0.717) is 54.9 Å². The number of carbonyl (C=O) groups excluding carboxylic acids is 6. The Kier molecular flexibility index (Phi) is 14.0. The number of benzene rings is 2. The van der Waals surface area contributed by atoms with E-state index >= 15 is 0 Å². The predicted octanol–water partition coefficient (Wildman–Crippen LogP) is 0.562. The SMILES string of the molecule is CCCN(CCO)C(=O)C1=Cc2ccc(C3(C(=O)Nc4cnc5c(c4)CN(C(=O)CNC(=O)C(Cc4ccccc4)NC(=O)CNC(=O)CN)CC5)CC3)cc2N=C(N)C1. The van der Waals surface area contributed by atoms with Gasteiger partial charge in [-0.05, 0) is 54.2 Å². The van der Waals surface area contributed by atoms with Gasteiger partial charge in [0.2, 0.25) is 35.4 Å².